The molecular weight excluding hydrogens is 310 g/mol. The molecule has 2 aromatic heterocycles. The number of hydrogen-bond donors (Lipinski definition) is 0. The highest BCUT2D eigenvalue weighted by molar-refractivity contribution is 5.92. The van der Waals surface area contributed by atoms with Gasteiger partial charge in [-0.25, -0.2) is 0 Å². The normalized spacial score (nSPS) is 12.0. The van der Waals surface area contributed by atoms with Gasteiger partial charge in [-0.15, -0.1) is 0 Å². The van der Waals surface area contributed by atoms with Gasteiger partial charge in [0.25, 0.3) is 0 Å². The van der Waals surface area contributed by atoms with Crippen molar-refractivity contribution in [3.8, 4) is 0 Å². The van der Waals surface area contributed by atoms with Crippen LogP contribution in [0.3, 0.4) is 0 Å². The van der Waals surface area contributed by atoms with Crippen molar-refractivity contribution in [2.45, 2.75) is 6.04 Å². The third kappa shape index (κ3) is 4.18. The third-order valence-corrected chi connectivity index (χ3v) is 3.92. The first-order chi connectivity index (χ1) is 12.3. The Hall–Kier alpha value is -3.27. The highest BCUT2D eigenvalue weighted by Gasteiger charge is 2.23. The lowest BCUT2D eigenvalue weighted by Gasteiger charge is -2.27. The summed E-state index contributed by atoms with van der Waals surface area (Å²) in [5.41, 5.74) is 2.74. The van der Waals surface area contributed by atoms with Crippen LogP contribution in [0.1, 0.15) is 22.9 Å². The lowest BCUT2D eigenvalue weighted by molar-refractivity contribution is -0.126. The number of carbonyl (C=O) groups excluding carboxylic acids is 1. The molecular formula is C21H19N3O. The standard InChI is InChI=1S/C21H19N3O/c1-24(20(25)13-12-17-8-7-14-22-16-17)21(18-9-3-2-4-10-18)19-11-5-6-15-23-19/h2-16,21H,1H3. The summed E-state index contributed by atoms with van der Waals surface area (Å²) in [5.74, 6) is -0.0941. The minimum atomic E-state index is -0.242. The number of carbonyl (C=O) groups is 1. The smallest absolute Gasteiger partial charge is 0.247 e. The fourth-order valence-electron chi connectivity index (χ4n) is 2.65. The molecule has 0 bridgehead atoms. The van der Waals surface area contributed by atoms with Crippen molar-refractivity contribution in [1.29, 1.82) is 0 Å². The van der Waals surface area contributed by atoms with Gasteiger partial charge in [0, 0.05) is 31.7 Å². The maximum atomic E-state index is 12.7. The summed E-state index contributed by atoms with van der Waals surface area (Å²) in [6, 6.07) is 19.2. The molecule has 1 aromatic carbocycles. The summed E-state index contributed by atoms with van der Waals surface area (Å²) in [4.78, 5) is 22.9. The Morgan fingerprint density at radius 3 is 2.48 bits per heavy atom. The van der Waals surface area contributed by atoms with Gasteiger partial charge in [-0.2, -0.15) is 0 Å². The lowest BCUT2D eigenvalue weighted by Crippen LogP contribution is -2.31. The fourth-order valence-corrected chi connectivity index (χ4v) is 2.65. The van der Waals surface area contributed by atoms with Gasteiger partial charge < -0.3 is 4.90 Å². The van der Waals surface area contributed by atoms with E-state index in [9.17, 15) is 4.79 Å². The van der Waals surface area contributed by atoms with Crippen LogP contribution in [0.15, 0.2) is 85.3 Å². The molecule has 1 atom stereocenters. The number of hydrogen-bond acceptors (Lipinski definition) is 3. The lowest BCUT2D eigenvalue weighted by atomic mass is 10.0. The first-order valence-corrected chi connectivity index (χ1v) is 8.06. The second-order valence-electron chi connectivity index (χ2n) is 5.64. The van der Waals surface area contributed by atoms with Crippen LogP contribution in [0.5, 0.6) is 0 Å². The number of likely N-dealkylation sites (N-methyl/N-ethyl adjacent to an activating group) is 1. The van der Waals surface area contributed by atoms with Crippen LogP contribution in [0, 0.1) is 0 Å². The Morgan fingerprint density at radius 2 is 1.80 bits per heavy atom. The zero-order chi connectivity index (χ0) is 17.5. The van der Waals surface area contributed by atoms with Crippen LogP contribution < -0.4 is 0 Å². The van der Waals surface area contributed by atoms with Crippen molar-refractivity contribution >= 4 is 12.0 Å². The van der Waals surface area contributed by atoms with E-state index in [0.29, 0.717) is 0 Å². The summed E-state index contributed by atoms with van der Waals surface area (Å²) in [6.07, 6.45) is 8.51. The molecule has 0 radical (unpaired) electrons. The first-order valence-electron chi connectivity index (χ1n) is 8.06. The molecule has 1 unspecified atom stereocenters. The Labute approximate surface area is 147 Å². The van der Waals surface area contributed by atoms with E-state index < -0.39 is 0 Å². The molecule has 4 heteroatoms. The molecule has 0 saturated heterocycles. The summed E-state index contributed by atoms with van der Waals surface area (Å²) in [5, 5.41) is 0. The average molecular weight is 329 g/mol. The van der Waals surface area contributed by atoms with Crippen LogP contribution in [0.25, 0.3) is 6.08 Å². The minimum absolute atomic E-state index is 0.0941. The Bertz CT molecular complexity index is 793. The quantitative estimate of drug-likeness (QED) is 0.670. The zero-order valence-electron chi connectivity index (χ0n) is 14.0. The van der Waals surface area contributed by atoms with E-state index in [1.807, 2.05) is 60.7 Å². The van der Waals surface area contributed by atoms with Crippen LogP contribution >= 0.6 is 0 Å². The molecule has 0 fully saturated rings. The molecule has 2 heterocycles. The molecule has 0 spiro atoms. The Kier molecular flexibility index (Phi) is 5.32. The van der Waals surface area contributed by atoms with Crippen LogP contribution in [-0.2, 0) is 4.79 Å². The van der Waals surface area contributed by atoms with Gasteiger partial charge in [-0.3, -0.25) is 14.8 Å². The molecule has 0 saturated carbocycles. The zero-order valence-corrected chi connectivity index (χ0v) is 14.0. The Morgan fingerprint density at radius 1 is 1.00 bits per heavy atom. The van der Waals surface area contributed by atoms with Crippen LogP contribution in [-0.4, -0.2) is 27.8 Å². The highest BCUT2D eigenvalue weighted by atomic mass is 16.2. The maximum absolute atomic E-state index is 12.7. The van der Waals surface area contributed by atoms with Gasteiger partial charge >= 0.3 is 0 Å². The van der Waals surface area contributed by atoms with Gasteiger partial charge in [-0.1, -0.05) is 42.5 Å². The van der Waals surface area contributed by atoms with E-state index in [1.165, 1.54) is 0 Å². The van der Waals surface area contributed by atoms with Crippen molar-refractivity contribution in [3.05, 3.63) is 102 Å². The van der Waals surface area contributed by atoms with Gasteiger partial charge in [0.1, 0.15) is 0 Å². The summed E-state index contributed by atoms with van der Waals surface area (Å²) in [7, 11) is 1.79. The van der Waals surface area contributed by atoms with E-state index in [-0.39, 0.29) is 11.9 Å². The topological polar surface area (TPSA) is 46.1 Å². The van der Waals surface area contributed by atoms with Crippen LogP contribution in [0.2, 0.25) is 0 Å². The van der Waals surface area contributed by atoms with E-state index in [2.05, 4.69) is 9.97 Å². The second kappa shape index (κ2) is 8.02. The number of pyridine rings is 2. The van der Waals surface area contributed by atoms with E-state index >= 15 is 0 Å². The molecule has 0 N–H and O–H groups in total. The molecule has 124 valence electrons. The summed E-state index contributed by atoms with van der Waals surface area (Å²) in [6.45, 7) is 0. The van der Waals surface area contributed by atoms with E-state index in [4.69, 9.17) is 0 Å². The molecule has 3 rings (SSSR count). The molecule has 0 aliphatic rings. The first kappa shape index (κ1) is 16.6. The molecule has 25 heavy (non-hydrogen) atoms. The van der Waals surface area contributed by atoms with Gasteiger partial charge in [0.15, 0.2) is 0 Å². The van der Waals surface area contributed by atoms with Crippen molar-refractivity contribution in [1.82, 2.24) is 14.9 Å². The highest BCUT2D eigenvalue weighted by Crippen LogP contribution is 2.26. The maximum Gasteiger partial charge on any atom is 0.247 e. The van der Waals surface area contributed by atoms with Gasteiger partial charge in [0.05, 0.1) is 11.7 Å². The molecule has 3 aromatic rings. The Balaban J connectivity index is 1.88. The fraction of sp³-hybridized carbons (Fsp3) is 0.0952. The van der Waals surface area contributed by atoms with E-state index in [1.54, 1.807) is 42.7 Å². The number of rotatable bonds is 5. The van der Waals surface area contributed by atoms with Crippen molar-refractivity contribution < 1.29 is 4.79 Å². The van der Waals surface area contributed by atoms with Crippen LogP contribution in [0.4, 0.5) is 0 Å². The molecule has 4 nitrogen and oxygen atoms in total. The van der Waals surface area contributed by atoms with Crippen molar-refractivity contribution in [2.75, 3.05) is 7.05 Å². The second-order valence-corrected chi connectivity index (χ2v) is 5.64. The summed E-state index contributed by atoms with van der Waals surface area (Å²) >= 11 is 0. The monoisotopic (exact) mass is 329 g/mol. The van der Waals surface area contributed by atoms with E-state index in [0.717, 1.165) is 16.8 Å². The van der Waals surface area contributed by atoms with Gasteiger partial charge in [-0.05, 0) is 35.4 Å². The minimum Gasteiger partial charge on any atom is -0.329 e. The summed E-state index contributed by atoms with van der Waals surface area (Å²) < 4.78 is 0. The predicted octanol–water partition coefficient (Wildman–Crippen LogP) is 3.74. The predicted molar refractivity (Wildman–Crippen MR) is 98.6 cm³/mol. The number of amides is 1. The number of aromatic nitrogens is 2. The van der Waals surface area contributed by atoms with Gasteiger partial charge in [0.2, 0.25) is 5.91 Å². The number of benzene rings is 1. The molecule has 0 aliphatic heterocycles. The SMILES string of the molecule is CN(C(=O)C=Cc1cccnc1)C(c1ccccc1)c1ccccn1. The largest absolute Gasteiger partial charge is 0.329 e. The average Bonchev–Trinajstić information content (AvgIpc) is 2.69. The number of nitrogens with zero attached hydrogens (tertiary/aromatic N) is 3. The molecule has 0 aliphatic carbocycles. The van der Waals surface area contributed by atoms with Crippen molar-refractivity contribution in [3.63, 3.8) is 0 Å². The van der Waals surface area contributed by atoms with Crippen molar-refractivity contribution in [2.24, 2.45) is 0 Å². The molecule has 1 amide bonds. The third-order valence-electron chi connectivity index (χ3n) is 3.92.